The van der Waals surface area contributed by atoms with Crippen molar-refractivity contribution in [3.05, 3.63) is 163 Å². The van der Waals surface area contributed by atoms with E-state index in [2.05, 4.69) is 170 Å². The van der Waals surface area contributed by atoms with Gasteiger partial charge in [0.05, 0.1) is 22.2 Å². The van der Waals surface area contributed by atoms with E-state index in [9.17, 15) is 0 Å². The van der Waals surface area contributed by atoms with E-state index in [1.54, 1.807) is 0 Å². The van der Waals surface area contributed by atoms with Gasteiger partial charge in [0.15, 0.2) is 0 Å². The molecule has 0 N–H and O–H groups in total. The molecular formula is C47H31N3. The van der Waals surface area contributed by atoms with E-state index in [0.717, 1.165) is 38.6 Å². The molecule has 8 aromatic carbocycles. The molecule has 0 aliphatic heterocycles. The van der Waals surface area contributed by atoms with E-state index in [1.807, 2.05) is 0 Å². The van der Waals surface area contributed by atoms with Gasteiger partial charge in [-0.05, 0) is 61.3 Å². The maximum Gasteiger partial charge on any atom is 0.235 e. The predicted octanol–water partition coefficient (Wildman–Crippen LogP) is 12.2. The molecule has 2 aromatic heterocycles. The highest BCUT2D eigenvalue weighted by atomic mass is 15.2. The molecule has 1 aliphatic carbocycles. The zero-order valence-corrected chi connectivity index (χ0v) is 27.8. The Hall–Kier alpha value is -6.32. The van der Waals surface area contributed by atoms with Crippen LogP contribution in [0.2, 0.25) is 0 Å². The van der Waals surface area contributed by atoms with Gasteiger partial charge in [-0.15, -0.1) is 0 Å². The summed E-state index contributed by atoms with van der Waals surface area (Å²) in [6.45, 7) is 4.77. The highest BCUT2D eigenvalue weighted by Gasteiger charge is 2.38. The number of benzene rings is 8. The first-order chi connectivity index (χ1) is 24.6. The fourth-order valence-corrected chi connectivity index (χ4v) is 9.04. The summed E-state index contributed by atoms with van der Waals surface area (Å²) in [5.41, 5.74) is 10.5. The SMILES string of the molecule is CC1(C)c2ccccc2-c2ccc3c(c21)c1ccccc1c1c3c2ccccc2n1-c1nc(-c2ccccc2)c2c(ccc3ccccc32)n1. The maximum atomic E-state index is 5.51. The molecule has 0 atom stereocenters. The first kappa shape index (κ1) is 27.6. The Morgan fingerprint density at radius 2 is 1.18 bits per heavy atom. The van der Waals surface area contributed by atoms with Crippen LogP contribution in [0.4, 0.5) is 0 Å². The van der Waals surface area contributed by atoms with Crippen molar-refractivity contribution in [3.8, 4) is 28.3 Å². The van der Waals surface area contributed by atoms with Crippen molar-refractivity contribution < 1.29 is 0 Å². The van der Waals surface area contributed by atoms with Gasteiger partial charge in [-0.25, -0.2) is 9.97 Å². The van der Waals surface area contributed by atoms with Crippen molar-refractivity contribution >= 4 is 65.0 Å². The lowest BCUT2D eigenvalue weighted by Gasteiger charge is -2.24. The molecule has 0 radical (unpaired) electrons. The van der Waals surface area contributed by atoms with Gasteiger partial charge in [0.25, 0.3) is 0 Å². The summed E-state index contributed by atoms with van der Waals surface area (Å²) in [7, 11) is 0. The average molecular weight is 638 g/mol. The molecule has 0 amide bonds. The molecule has 3 nitrogen and oxygen atoms in total. The number of hydrogen-bond donors (Lipinski definition) is 0. The normalized spacial score (nSPS) is 13.6. The van der Waals surface area contributed by atoms with Gasteiger partial charge in [-0.1, -0.05) is 153 Å². The van der Waals surface area contributed by atoms with Gasteiger partial charge in [-0.3, -0.25) is 4.57 Å². The molecule has 0 unspecified atom stereocenters. The molecular weight excluding hydrogens is 607 g/mol. The van der Waals surface area contributed by atoms with Crippen molar-refractivity contribution in [3.63, 3.8) is 0 Å². The third kappa shape index (κ3) is 3.54. The summed E-state index contributed by atoms with van der Waals surface area (Å²) < 4.78 is 2.32. The number of aromatic nitrogens is 3. The highest BCUT2D eigenvalue weighted by Crippen LogP contribution is 2.54. The molecule has 11 rings (SSSR count). The van der Waals surface area contributed by atoms with Crippen molar-refractivity contribution in [1.82, 2.24) is 14.5 Å². The summed E-state index contributed by atoms with van der Waals surface area (Å²) in [5, 5.41) is 10.9. The Morgan fingerprint density at radius 1 is 0.480 bits per heavy atom. The van der Waals surface area contributed by atoms with Gasteiger partial charge in [0.1, 0.15) is 0 Å². The van der Waals surface area contributed by atoms with Gasteiger partial charge >= 0.3 is 0 Å². The van der Waals surface area contributed by atoms with Crippen LogP contribution in [0.25, 0.3) is 93.4 Å². The largest absolute Gasteiger partial charge is 0.277 e. The Bertz CT molecular complexity index is 3060. The van der Waals surface area contributed by atoms with Crippen LogP contribution in [0.3, 0.4) is 0 Å². The van der Waals surface area contributed by atoms with Gasteiger partial charge < -0.3 is 0 Å². The van der Waals surface area contributed by atoms with Crippen LogP contribution in [0.5, 0.6) is 0 Å². The molecule has 0 saturated heterocycles. The number of para-hydroxylation sites is 1. The van der Waals surface area contributed by atoms with Crippen LogP contribution < -0.4 is 0 Å². The standard InChI is InChI=1S/C47H31N3/c1-47(2)37-22-12-10-18-31(37)33-25-26-36-40(43(33)47)32-19-8-9-20-34(32)45-41(36)35-21-11-13-23-39(35)50(45)46-48-38-27-24-28-14-6-7-17-30(28)42(38)44(49-46)29-15-4-3-5-16-29/h3-27H,1-2H3. The van der Waals surface area contributed by atoms with Crippen LogP contribution in [0.1, 0.15) is 25.0 Å². The van der Waals surface area contributed by atoms with E-state index in [1.165, 1.54) is 60.0 Å². The average Bonchev–Trinajstić information content (AvgIpc) is 3.64. The minimum Gasteiger partial charge on any atom is -0.277 e. The maximum absolute atomic E-state index is 5.51. The molecule has 3 heteroatoms. The zero-order chi connectivity index (χ0) is 33.1. The van der Waals surface area contributed by atoms with Crippen LogP contribution in [0, 0.1) is 0 Å². The molecule has 0 fully saturated rings. The van der Waals surface area contributed by atoms with E-state index in [-0.39, 0.29) is 5.41 Å². The van der Waals surface area contributed by atoms with Crippen molar-refractivity contribution in [1.29, 1.82) is 0 Å². The van der Waals surface area contributed by atoms with E-state index in [4.69, 9.17) is 9.97 Å². The second kappa shape index (κ2) is 9.87. The number of rotatable bonds is 2. The Balaban J connectivity index is 1.33. The molecule has 50 heavy (non-hydrogen) atoms. The zero-order valence-electron chi connectivity index (χ0n) is 27.8. The number of fused-ring (bicyclic) bond motifs is 15. The topological polar surface area (TPSA) is 30.7 Å². The van der Waals surface area contributed by atoms with Crippen molar-refractivity contribution in [2.75, 3.05) is 0 Å². The molecule has 1 aliphatic rings. The van der Waals surface area contributed by atoms with Crippen molar-refractivity contribution in [2.45, 2.75) is 19.3 Å². The summed E-state index contributed by atoms with van der Waals surface area (Å²) in [6, 6.07) is 54.8. The summed E-state index contributed by atoms with van der Waals surface area (Å²) in [4.78, 5) is 10.9. The third-order valence-corrected chi connectivity index (χ3v) is 11.1. The quantitative estimate of drug-likeness (QED) is 0.177. The second-order valence-corrected chi connectivity index (χ2v) is 14.1. The minimum atomic E-state index is -0.144. The third-order valence-electron chi connectivity index (χ3n) is 11.1. The summed E-state index contributed by atoms with van der Waals surface area (Å²) in [5.74, 6) is 0.677. The first-order valence-electron chi connectivity index (χ1n) is 17.4. The van der Waals surface area contributed by atoms with E-state index >= 15 is 0 Å². The molecule has 0 bridgehead atoms. The van der Waals surface area contributed by atoms with E-state index < -0.39 is 0 Å². The lowest BCUT2D eigenvalue weighted by Crippen LogP contribution is -2.15. The van der Waals surface area contributed by atoms with Crippen LogP contribution in [-0.4, -0.2) is 14.5 Å². The Kier molecular flexibility index (Phi) is 5.45. The van der Waals surface area contributed by atoms with Gasteiger partial charge in [0, 0.05) is 32.5 Å². The van der Waals surface area contributed by atoms with Crippen molar-refractivity contribution in [2.24, 2.45) is 0 Å². The predicted molar refractivity (Wildman–Crippen MR) is 209 cm³/mol. The number of hydrogen-bond acceptors (Lipinski definition) is 2. The summed E-state index contributed by atoms with van der Waals surface area (Å²) >= 11 is 0. The van der Waals surface area contributed by atoms with E-state index in [0.29, 0.717) is 5.95 Å². The number of nitrogens with zero attached hydrogens (tertiary/aromatic N) is 3. The smallest absolute Gasteiger partial charge is 0.235 e. The lowest BCUT2D eigenvalue weighted by atomic mass is 9.78. The molecule has 0 saturated carbocycles. The fraction of sp³-hybridized carbons (Fsp3) is 0.0638. The van der Waals surface area contributed by atoms with Crippen LogP contribution >= 0.6 is 0 Å². The van der Waals surface area contributed by atoms with Gasteiger partial charge in [-0.2, -0.15) is 0 Å². The lowest BCUT2D eigenvalue weighted by molar-refractivity contribution is 0.666. The summed E-state index contributed by atoms with van der Waals surface area (Å²) in [6.07, 6.45) is 0. The molecule has 10 aromatic rings. The first-order valence-corrected chi connectivity index (χ1v) is 17.4. The Labute approximate surface area is 289 Å². The van der Waals surface area contributed by atoms with Gasteiger partial charge in [0.2, 0.25) is 5.95 Å². The Morgan fingerprint density at radius 3 is 2.04 bits per heavy atom. The monoisotopic (exact) mass is 637 g/mol. The molecule has 234 valence electrons. The van der Waals surface area contributed by atoms with Crippen LogP contribution in [0.15, 0.2) is 152 Å². The molecule has 2 heterocycles. The minimum absolute atomic E-state index is 0.144. The molecule has 0 spiro atoms. The highest BCUT2D eigenvalue weighted by molar-refractivity contribution is 6.33. The fourth-order valence-electron chi connectivity index (χ4n) is 9.04. The van der Waals surface area contributed by atoms with Crippen LogP contribution in [-0.2, 0) is 5.41 Å². The second-order valence-electron chi connectivity index (χ2n) is 14.1.